The molecule has 0 saturated heterocycles. The monoisotopic (exact) mass is 617 g/mol. The van der Waals surface area contributed by atoms with Gasteiger partial charge in [0.05, 0.1) is 28.1 Å². The van der Waals surface area contributed by atoms with Crippen molar-refractivity contribution in [1.82, 2.24) is 4.90 Å². The first kappa shape index (κ1) is 31.4. The Morgan fingerprint density at radius 2 is 1.76 bits per heavy atom. The van der Waals surface area contributed by atoms with Crippen LogP contribution < -0.4 is 22.1 Å². The largest absolute Gasteiger partial charge is 0.507 e. The second-order valence-corrected chi connectivity index (χ2v) is 12.5. The van der Waals surface area contributed by atoms with E-state index in [0.29, 0.717) is 5.69 Å². The number of hydrogen-bond donors (Lipinski definition) is 4. The van der Waals surface area contributed by atoms with E-state index in [1.54, 1.807) is 25.1 Å². The number of primary amides is 1. The Hall–Kier alpha value is -5.04. The van der Waals surface area contributed by atoms with Crippen molar-refractivity contribution < 1.29 is 34.0 Å². The van der Waals surface area contributed by atoms with Gasteiger partial charge in [-0.05, 0) is 44.1 Å². The molecule has 5 rings (SSSR count). The van der Waals surface area contributed by atoms with Gasteiger partial charge in [0.25, 0.3) is 5.69 Å². The first-order valence-electron chi connectivity index (χ1n) is 13.8. The molecule has 15 heteroatoms. The highest BCUT2D eigenvalue weighted by molar-refractivity contribution is 6.33. The Morgan fingerprint density at radius 3 is 2.29 bits per heavy atom. The molecule has 2 unspecified atom stereocenters. The number of carbonyl (C=O) groups is 5. The lowest BCUT2D eigenvalue weighted by atomic mass is 9.42. The van der Waals surface area contributed by atoms with Crippen molar-refractivity contribution in [2.45, 2.75) is 30.0 Å². The fraction of sp³-hybridized carbons (Fsp3) is 0.400. The summed E-state index contributed by atoms with van der Waals surface area (Å²) in [7, 11) is 6.16. The van der Waals surface area contributed by atoms with E-state index in [9.17, 15) is 44.5 Å². The SMILES string of the molecule is CN(C)c1cc(-c2cccc([N+](=O)[O-])c2)c(O)c2c1C[C@@]1(N)C[C@@]3(N)[C@H](N(C)C)C(=O)C(C(N)=O)C(=O)[C@@]3(C#N)C(=O)C1C2=O. The average molecular weight is 618 g/mol. The number of carbonyl (C=O) groups excluding carboxylic acids is 5. The first-order valence-corrected chi connectivity index (χ1v) is 13.8. The van der Waals surface area contributed by atoms with Crippen LogP contribution in [0.15, 0.2) is 30.3 Å². The summed E-state index contributed by atoms with van der Waals surface area (Å²) in [6.07, 6.45) is -0.787. The van der Waals surface area contributed by atoms with Crippen LogP contribution in [0, 0.1) is 38.7 Å². The maximum absolute atomic E-state index is 14.6. The van der Waals surface area contributed by atoms with Gasteiger partial charge in [0.15, 0.2) is 34.5 Å². The molecule has 3 aliphatic rings. The predicted molar refractivity (Wildman–Crippen MR) is 158 cm³/mol. The van der Waals surface area contributed by atoms with E-state index in [-0.39, 0.29) is 34.4 Å². The number of fused-ring (bicyclic) bond motifs is 3. The van der Waals surface area contributed by atoms with Crippen LogP contribution >= 0.6 is 0 Å². The molecule has 45 heavy (non-hydrogen) atoms. The Balaban J connectivity index is 1.80. The van der Waals surface area contributed by atoms with Crippen LogP contribution in [-0.4, -0.2) is 89.3 Å². The molecule has 0 aliphatic heterocycles. The number of phenols is 1. The number of nitro groups is 1. The van der Waals surface area contributed by atoms with Gasteiger partial charge in [0.2, 0.25) is 5.91 Å². The van der Waals surface area contributed by atoms with E-state index in [2.05, 4.69) is 0 Å². The van der Waals surface area contributed by atoms with Crippen LogP contribution in [0.4, 0.5) is 11.4 Å². The summed E-state index contributed by atoms with van der Waals surface area (Å²) in [5, 5.41) is 33.5. The molecule has 2 fully saturated rings. The van der Waals surface area contributed by atoms with E-state index in [1.807, 2.05) is 0 Å². The Morgan fingerprint density at radius 1 is 1.11 bits per heavy atom. The summed E-state index contributed by atoms with van der Waals surface area (Å²) in [5.41, 5.74) is 12.5. The number of Topliss-reactive ketones (excluding diaryl/α,β-unsaturated/α-hetero) is 4. The van der Waals surface area contributed by atoms with Gasteiger partial charge < -0.3 is 27.2 Å². The lowest BCUT2D eigenvalue weighted by Gasteiger charge is -2.60. The number of aromatic hydroxyl groups is 1. The van der Waals surface area contributed by atoms with Gasteiger partial charge in [-0.25, -0.2) is 0 Å². The Labute approximate surface area is 256 Å². The fourth-order valence-corrected chi connectivity index (χ4v) is 7.66. The third-order valence-corrected chi connectivity index (χ3v) is 9.42. The molecular weight excluding hydrogens is 586 g/mol. The van der Waals surface area contributed by atoms with Crippen LogP contribution in [0.5, 0.6) is 5.75 Å². The number of nitrogens with zero attached hydrogens (tertiary/aromatic N) is 4. The number of nitriles is 1. The normalized spacial score (nSPS) is 30.7. The zero-order valence-corrected chi connectivity index (χ0v) is 24.9. The van der Waals surface area contributed by atoms with E-state index in [1.165, 1.54) is 49.3 Å². The van der Waals surface area contributed by atoms with Gasteiger partial charge >= 0.3 is 0 Å². The lowest BCUT2D eigenvalue weighted by molar-refractivity contribution is -0.384. The molecule has 0 heterocycles. The fourth-order valence-electron chi connectivity index (χ4n) is 7.66. The van der Waals surface area contributed by atoms with Crippen molar-refractivity contribution in [3.8, 4) is 22.9 Å². The van der Waals surface area contributed by atoms with Gasteiger partial charge in [-0.3, -0.25) is 39.0 Å². The van der Waals surface area contributed by atoms with Crippen LogP contribution in [0.2, 0.25) is 0 Å². The molecule has 0 spiro atoms. The second-order valence-electron chi connectivity index (χ2n) is 12.5. The molecule has 0 radical (unpaired) electrons. The highest BCUT2D eigenvalue weighted by Crippen LogP contribution is 2.57. The predicted octanol–water partition coefficient (Wildman–Crippen LogP) is -0.550. The summed E-state index contributed by atoms with van der Waals surface area (Å²) in [6.45, 7) is 0. The minimum absolute atomic E-state index is 0.0475. The van der Waals surface area contributed by atoms with Crippen molar-refractivity contribution in [2.75, 3.05) is 33.1 Å². The molecule has 2 saturated carbocycles. The minimum atomic E-state index is -2.87. The zero-order valence-electron chi connectivity index (χ0n) is 24.9. The van der Waals surface area contributed by atoms with Crippen LogP contribution in [0.1, 0.15) is 22.3 Å². The van der Waals surface area contributed by atoms with Crippen LogP contribution in [-0.2, 0) is 25.6 Å². The van der Waals surface area contributed by atoms with Gasteiger partial charge in [-0.2, -0.15) is 5.26 Å². The van der Waals surface area contributed by atoms with Crippen molar-refractivity contribution >= 4 is 40.4 Å². The number of amides is 1. The summed E-state index contributed by atoms with van der Waals surface area (Å²) in [5.74, 6) is -10.7. The topological polar surface area (TPSA) is 257 Å². The van der Waals surface area contributed by atoms with Gasteiger partial charge in [-0.1, -0.05) is 12.1 Å². The summed E-state index contributed by atoms with van der Waals surface area (Å²) < 4.78 is 0. The standard InChI is InChI=1S/C30H31N7O8/c1-35(2)17-9-15(13-6-5-7-14(8-13)37(44)45)21(38)18-16(17)10-28(33)11-30(34)24(36(3)4)23(40)19(27(32)43)25(41)29(30,12-31)26(42)20(28)22(18)39/h5-9,19-20,24,38H,10-11,33-34H2,1-4H3,(H2,32,43)/t19?,20?,24-,28-,29+,30-/m1/s1. The molecule has 2 aromatic rings. The Bertz CT molecular complexity index is 1800. The lowest BCUT2D eigenvalue weighted by Crippen LogP contribution is -2.85. The highest BCUT2D eigenvalue weighted by Gasteiger charge is 2.78. The van der Waals surface area contributed by atoms with Gasteiger partial charge in [0, 0.05) is 43.0 Å². The first-order chi connectivity index (χ1) is 20.9. The number of benzene rings is 2. The number of non-ortho nitro benzene ring substituents is 1. The van der Waals surface area contributed by atoms with Crippen LogP contribution in [0.25, 0.3) is 11.1 Å². The van der Waals surface area contributed by atoms with Gasteiger partial charge in [0.1, 0.15) is 11.7 Å². The number of anilines is 1. The number of rotatable bonds is 5. The molecule has 15 nitrogen and oxygen atoms in total. The smallest absolute Gasteiger partial charge is 0.270 e. The number of likely N-dealkylation sites (N-methyl/N-ethyl adjacent to an activating group) is 1. The third kappa shape index (κ3) is 3.96. The molecule has 1 amide bonds. The maximum Gasteiger partial charge on any atom is 0.270 e. The molecular formula is C30H31N7O8. The van der Waals surface area contributed by atoms with Crippen molar-refractivity contribution in [3.05, 3.63) is 51.6 Å². The molecule has 3 aliphatic carbocycles. The molecule has 0 bridgehead atoms. The summed E-state index contributed by atoms with van der Waals surface area (Å²) in [4.78, 5) is 82.6. The van der Waals surface area contributed by atoms with Crippen molar-refractivity contribution in [3.63, 3.8) is 0 Å². The van der Waals surface area contributed by atoms with Crippen molar-refractivity contribution in [1.29, 1.82) is 5.26 Å². The average Bonchev–Trinajstić information content (AvgIpc) is 2.91. The minimum Gasteiger partial charge on any atom is -0.507 e. The number of hydrogen-bond acceptors (Lipinski definition) is 13. The number of nitro benzene ring substituents is 1. The summed E-state index contributed by atoms with van der Waals surface area (Å²) >= 11 is 0. The van der Waals surface area contributed by atoms with E-state index in [0.717, 1.165) is 0 Å². The highest BCUT2D eigenvalue weighted by atomic mass is 16.6. The quantitative estimate of drug-likeness (QED) is 0.187. The van der Waals surface area contributed by atoms with Crippen molar-refractivity contribution in [2.24, 2.45) is 34.5 Å². The van der Waals surface area contributed by atoms with E-state index >= 15 is 0 Å². The third-order valence-electron chi connectivity index (χ3n) is 9.42. The Kier molecular flexibility index (Phi) is 6.97. The van der Waals surface area contributed by atoms with Gasteiger partial charge in [-0.15, -0.1) is 0 Å². The molecule has 2 aromatic carbocycles. The van der Waals surface area contributed by atoms with E-state index < -0.39 is 80.5 Å². The second kappa shape index (κ2) is 9.99. The number of nitrogens with two attached hydrogens (primary N) is 3. The molecule has 7 N–H and O–H groups in total. The number of ketones is 4. The molecule has 6 atom stereocenters. The number of phenolic OH excluding ortho intramolecular Hbond substituents is 1. The molecule has 0 aromatic heterocycles. The van der Waals surface area contributed by atoms with E-state index in [4.69, 9.17) is 17.2 Å². The van der Waals surface area contributed by atoms with Crippen LogP contribution in [0.3, 0.4) is 0 Å². The molecule has 234 valence electrons. The zero-order chi connectivity index (χ0) is 33.5. The summed E-state index contributed by atoms with van der Waals surface area (Å²) in [6, 6.07) is 7.05. The maximum atomic E-state index is 14.6.